The fourth-order valence-electron chi connectivity index (χ4n) is 3.32. The SMILES string of the molecule is Cc1cc2c(OCCNCc3cncc(-c4cccc(F)c4F)c3)cccc2[nH]1.Cl. The third-order valence-corrected chi connectivity index (χ3v) is 4.68. The van der Waals surface area contributed by atoms with Crippen LogP contribution in [-0.4, -0.2) is 23.1 Å². The summed E-state index contributed by atoms with van der Waals surface area (Å²) in [5.41, 5.74) is 3.79. The summed E-state index contributed by atoms with van der Waals surface area (Å²) >= 11 is 0. The lowest BCUT2D eigenvalue weighted by molar-refractivity contribution is 0.317. The van der Waals surface area contributed by atoms with Gasteiger partial charge in [0.25, 0.3) is 0 Å². The van der Waals surface area contributed by atoms with Crippen LogP contribution in [0.15, 0.2) is 60.9 Å². The van der Waals surface area contributed by atoms with Gasteiger partial charge in [-0.25, -0.2) is 8.78 Å². The zero-order chi connectivity index (χ0) is 20.2. The number of nitrogens with zero attached hydrogens (tertiary/aromatic N) is 1. The Kier molecular flexibility index (Phi) is 7.03. The maximum atomic E-state index is 14.0. The van der Waals surface area contributed by atoms with Crippen molar-refractivity contribution in [2.24, 2.45) is 0 Å². The smallest absolute Gasteiger partial charge is 0.166 e. The number of fused-ring (bicyclic) bond motifs is 1. The number of benzene rings is 2. The number of hydrogen-bond donors (Lipinski definition) is 2. The van der Waals surface area contributed by atoms with Crippen LogP contribution in [0.25, 0.3) is 22.0 Å². The molecule has 0 aliphatic heterocycles. The molecule has 156 valence electrons. The Labute approximate surface area is 179 Å². The number of aromatic nitrogens is 2. The van der Waals surface area contributed by atoms with Gasteiger partial charge in [-0.05, 0) is 42.8 Å². The normalized spacial score (nSPS) is 10.8. The average molecular weight is 430 g/mol. The van der Waals surface area contributed by atoms with E-state index in [1.54, 1.807) is 12.3 Å². The first kappa shape index (κ1) is 21.7. The maximum absolute atomic E-state index is 14.0. The lowest BCUT2D eigenvalue weighted by Crippen LogP contribution is -2.20. The first-order valence-electron chi connectivity index (χ1n) is 9.42. The predicted molar refractivity (Wildman–Crippen MR) is 117 cm³/mol. The molecule has 0 bridgehead atoms. The van der Waals surface area contributed by atoms with Crippen molar-refractivity contribution in [1.82, 2.24) is 15.3 Å². The number of hydrogen-bond acceptors (Lipinski definition) is 3. The van der Waals surface area contributed by atoms with Crippen LogP contribution in [0.4, 0.5) is 8.78 Å². The van der Waals surface area contributed by atoms with Gasteiger partial charge in [0, 0.05) is 53.2 Å². The van der Waals surface area contributed by atoms with Gasteiger partial charge in [-0.3, -0.25) is 4.98 Å². The predicted octanol–water partition coefficient (Wildman–Crippen LogP) is 5.41. The van der Waals surface area contributed by atoms with Gasteiger partial charge in [-0.1, -0.05) is 18.2 Å². The summed E-state index contributed by atoms with van der Waals surface area (Å²) in [6, 6.07) is 14.0. The second kappa shape index (κ2) is 9.69. The molecular formula is C23H22ClF2N3O. The Bertz CT molecular complexity index is 1150. The number of aromatic amines is 1. The van der Waals surface area contributed by atoms with Gasteiger partial charge >= 0.3 is 0 Å². The average Bonchev–Trinajstić information content (AvgIpc) is 3.11. The molecule has 4 rings (SSSR count). The van der Waals surface area contributed by atoms with Crippen LogP contribution in [-0.2, 0) is 6.54 Å². The highest BCUT2D eigenvalue weighted by Crippen LogP contribution is 2.26. The molecule has 0 saturated carbocycles. The van der Waals surface area contributed by atoms with Crippen molar-refractivity contribution in [2.45, 2.75) is 13.5 Å². The van der Waals surface area contributed by atoms with E-state index in [-0.39, 0.29) is 18.0 Å². The fourth-order valence-corrected chi connectivity index (χ4v) is 3.32. The minimum Gasteiger partial charge on any atom is -0.492 e. The molecule has 4 nitrogen and oxygen atoms in total. The Morgan fingerprint density at radius 3 is 2.77 bits per heavy atom. The monoisotopic (exact) mass is 429 g/mol. The van der Waals surface area contributed by atoms with E-state index in [9.17, 15) is 8.78 Å². The van der Waals surface area contributed by atoms with Crippen LogP contribution in [0.1, 0.15) is 11.3 Å². The number of H-pyrrole nitrogens is 1. The summed E-state index contributed by atoms with van der Waals surface area (Å²) in [5, 5.41) is 4.36. The minimum absolute atomic E-state index is 0. The molecule has 0 aliphatic carbocycles. The maximum Gasteiger partial charge on any atom is 0.166 e. The molecule has 0 unspecified atom stereocenters. The van der Waals surface area contributed by atoms with Crippen molar-refractivity contribution in [3.05, 3.63) is 83.8 Å². The molecule has 0 aliphatic rings. The van der Waals surface area contributed by atoms with Crippen molar-refractivity contribution in [3.63, 3.8) is 0 Å². The van der Waals surface area contributed by atoms with E-state index in [1.165, 1.54) is 12.3 Å². The van der Waals surface area contributed by atoms with E-state index in [2.05, 4.69) is 21.4 Å². The van der Waals surface area contributed by atoms with Crippen LogP contribution in [0.2, 0.25) is 0 Å². The van der Waals surface area contributed by atoms with Crippen molar-refractivity contribution >= 4 is 23.3 Å². The Balaban J connectivity index is 0.00000256. The van der Waals surface area contributed by atoms with Crippen molar-refractivity contribution in [3.8, 4) is 16.9 Å². The number of nitrogens with one attached hydrogen (secondary N) is 2. The van der Waals surface area contributed by atoms with E-state index in [1.807, 2.05) is 31.2 Å². The van der Waals surface area contributed by atoms with Crippen molar-refractivity contribution in [2.75, 3.05) is 13.2 Å². The lowest BCUT2D eigenvalue weighted by Gasteiger charge is -2.10. The summed E-state index contributed by atoms with van der Waals surface area (Å²) < 4.78 is 33.4. The van der Waals surface area contributed by atoms with Crippen LogP contribution in [0, 0.1) is 18.6 Å². The quantitative estimate of drug-likeness (QED) is 0.386. The summed E-state index contributed by atoms with van der Waals surface area (Å²) in [6.45, 7) is 3.71. The molecule has 2 N–H and O–H groups in total. The van der Waals surface area contributed by atoms with E-state index < -0.39 is 11.6 Å². The highest BCUT2D eigenvalue weighted by Gasteiger charge is 2.10. The number of rotatable bonds is 7. The summed E-state index contributed by atoms with van der Waals surface area (Å²) in [5.74, 6) is -0.878. The van der Waals surface area contributed by atoms with Crippen molar-refractivity contribution in [1.29, 1.82) is 0 Å². The molecule has 0 fully saturated rings. The summed E-state index contributed by atoms with van der Waals surface area (Å²) in [7, 11) is 0. The zero-order valence-corrected chi connectivity index (χ0v) is 17.2. The molecule has 0 atom stereocenters. The Hall–Kier alpha value is -2.96. The number of aryl methyl sites for hydroxylation is 1. The fraction of sp³-hybridized carbons (Fsp3) is 0.174. The minimum atomic E-state index is -0.865. The molecule has 2 aromatic carbocycles. The second-order valence-electron chi connectivity index (χ2n) is 6.88. The van der Waals surface area contributed by atoms with Crippen LogP contribution < -0.4 is 10.1 Å². The first-order valence-corrected chi connectivity index (χ1v) is 9.42. The third kappa shape index (κ3) is 4.78. The molecule has 0 amide bonds. The van der Waals surface area contributed by atoms with E-state index in [0.29, 0.717) is 25.3 Å². The van der Waals surface area contributed by atoms with Gasteiger partial charge < -0.3 is 15.0 Å². The van der Waals surface area contributed by atoms with Gasteiger partial charge in [0.2, 0.25) is 0 Å². The summed E-state index contributed by atoms with van der Waals surface area (Å²) in [6.07, 6.45) is 3.24. The van der Waals surface area contributed by atoms with Gasteiger partial charge in [0.05, 0.1) is 0 Å². The van der Waals surface area contributed by atoms with Gasteiger partial charge in [-0.15, -0.1) is 12.4 Å². The van der Waals surface area contributed by atoms with Crippen LogP contribution in [0.5, 0.6) is 5.75 Å². The van der Waals surface area contributed by atoms with Crippen LogP contribution in [0.3, 0.4) is 0 Å². The highest BCUT2D eigenvalue weighted by atomic mass is 35.5. The van der Waals surface area contributed by atoms with E-state index in [0.717, 1.165) is 34.0 Å². The molecule has 2 heterocycles. The molecule has 2 aromatic heterocycles. The number of pyridine rings is 1. The van der Waals surface area contributed by atoms with E-state index >= 15 is 0 Å². The van der Waals surface area contributed by atoms with Gasteiger partial charge in [0.1, 0.15) is 12.4 Å². The summed E-state index contributed by atoms with van der Waals surface area (Å²) in [4.78, 5) is 7.45. The topological polar surface area (TPSA) is 49.9 Å². The van der Waals surface area contributed by atoms with Gasteiger partial charge in [0.15, 0.2) is 11.6 Å². The molecular weight excluding hydrogens is 408 g/mol. The zero-order valence-electron chi connectivity index (χ0n) is 16.4. The standard InChI is InChI=1S/C23H21F2N3O.ClH/c1-15-10-19-21(28-15)6-3-7-22(19)29-9-8-26-12-16-11-17(14-27-13-16)18-4-2-5-20(24)23(18)25;/h2-7,10-11,13-14,26,28H,8-9,12H2,1H3;1H. The molecule has 30 heavy (non-hydrogen) atoms. The molecule has 0 saturated heterocycles. The first-order chi connectivity index (χ1) is 14.1. The highest BCUT2D eigenvalue weighted by molar-refractivity contribution is 5.86. The van der Waals surface area contributed by atoms with Crippen LogP contribution >= 0.6 is 12.4 Å². The molecule has 0 radical (unpaired) electrons. The van der Waals surface area contributed by atoms with E-state index in [4.69, 9.17) is 4.74 Å². The molecule has 4 aromatic rings. The number of halogens is 3. The number of ether oxygens (including phenoxy) is 1. The molecule has 7 heteroatoms. The van der Waals surface area contributed by atoms with Gasteiger partial charge in [-0.2, -0.15) is 0 Å². The Morgan fingerprint density at radius 1 is 1.07 bits per heavy atom. The lowest BCUT2D eigenvalue weighted by atomic mass is 10.1. The third-order valence-electron chi connectivity index (χ3n) is 4.68. The Morgan fingerprint density at radius 2 is 1.90 bits per heavy atom. The largest absolute Gasteiger partial charge is 0.492 e. The van der Waals surface area contributed by atoms with Crippen molar-refractivity contribution < 1.29 is 13.5 Å². The second-order valence-corrected chi connectivity index (χ2v) is 6.88. The molecule has 0 spiro atoms.